The van der Waals surface area contributed by atoms with Gasteiger partial charge in [0.1, 0.15) is 38.1 Å². The molecule has 6 N–H and O–H groups in total. The van der Waals surface area contributed by atoms with Gasteiger partial charge in [0.15, 0.2) is 4.30 Å². The summed E-state index contributed by atoms with van der Waals surface area (Å²) in [4.78, 5) is 2.97. The third kappa shape index (κ3) is 24.3. The maximum absolute atomic E-state index is 9.00. The highest BCUT2D eigenvalue weighted by atomic mass is 79.9. The van der Waals surface area contributed by atoms with E-state index in [2.05, 4.69) is 181 Å². The minimum absolute atomic E-state index is 0.110. The van der Waals surface area contributed by atoms with Crippen LogP contribution >= 0.6 is 148 Å². The summed E-state index contributed by atoms with van der Waals surface area (Å²) >= 11 is 37.4. The summed E-state index contributed by atoms with van der Waals surface area (Å²) in [5.41, 5.74) is 20.1. The Bertz CT molecular complexity index is 2690. The average Bonchev–Trinajstić information content (AvgIpc) is 4.29. The molecule has 0 unspecified atom stereocenters. The fourth-order valence-electron chi connectivity index (χ4n) is 7.68. The van der Waals surface area contributed by atoms with Gasteiger partial charge in [-0.05, 0) is 215 Å². The average molecular weight is 1600 g/mol. The van der Waals surface area contributed by atoms with Crippen LogP contribution in [0.25, 0.3) is 10.4 Å². The van der Waals surface area contributed by atoms with Gasteiger partial charge < -0.3 is 39.5 Å². The van der Waals surface area contributed by atoms with E-state index < -0.39 is 37.6 Å². The summed E-state index contributed by atoms with van der Waals surface area (Å²) in [6.45, 7) is 25.0. The molecule has 0 atom stereocenters. The molecular weight excluding hydrogens is 1530 g/mol. The SMILES string of the molecule is Brc1cccs1.CC1=C(Br)[SiH2]C(Br)=C1C.CC1=C(Br)[SiH2]C(Br)=C1C.CC1=C(O[B]O)[SiH2]C(B(O)O)=C1C.CC1=C(O[B]O)[SiH2]C(B(O)O)=C1C.CC1=C(c2cccs2)[SiH2]C(c2cccs2)=C1C.CC1=C[SiH2]C=C1C.ClC(Cl)Cl. The molecule has 0 amide bonds. The molecule has 0 aliphatic carbocycles. The number of hydrogen-bond acceptors (Lipinski definition) is 11. The van der Waals surface area contributed by atoms with E-state index in [1.165, 1.54) is 74.5 Å². The molecule has 420 valence electrons. The third-order valence-corrected chi connectivity index (χ3v) is 35.2. The van der Waals surface area contributed by atoms with Crippen LogP contribution in [-0.4, -0.2) is 121 Å². The van der Waals surface area contributed by atoms with Crippen molar-refractivity contribution in [1.82, 2.24) is 0 Å². The molecule has 8 nitrogen and oxygen atoms in total. The molecule has 0 saturated heterocycles. The molecule has 2 radical (unpaired) electrons. The van der Waals surface area contributed by atoms with Gasteiger partial charge in [-0.3, -0.25) is 0 Å². The molecule has 9 rings (SSSR count). The second-order valence-electron chi connectivity index (χ2n) is 17.9. The molecule has 0 bridgehead atoms. The molecule has 0 saturated carbocycles. The number of alkyl halides is 3. The molecule has 3 aromatic rings. The van der Waals surface area contributed by atoms with E-state index in [1.807, 2.05) is 67.9 Å². The highest BCUT2D eigenvalue weighted by Gasteiger charge is 2.29. The minimum Gasteiger partial charge on any atom is -0.545 e. The summed E-state index contributed by atoms with van der Waals surface area (Å²) in [5, 5.41) is 65.3. The Morgan fingerprint density at radius 1 is 0.462 bits per heavy atom. The maximum atomic E-state index is 9.00. The standard InChI is InChI=1S/C14H14S2Si.2C6H11B2O4Si.2C6H8Br2Si.C6H10Si.C4H3BrS.CHCl3/c1-9-10(2)14(12-6-4-8-16-12)17-13(9)11-5-3-7-15-11;2*1-3-4(2)6(12-7-9)13-5(3)8(10)11;2*1-3-4(2)6(8)9-5(3)7;1-5-3-7-4-6(5)2;5-4-2-1-3-6-4;2-1(3)4/h3-8H,17H2,1-2H3;2*9-11H,13H2,1-2H3;2*9H2,1-2H3;3-4H,7H2,1-2H3;1-3H;1H. The van der Waals surface area contributed by atoms with Gasteiger partial charge in [0.05, 0.1) is 33.6 Å². The second-order valence-corrected chi connectivity index (χ2v) is 42.2. The molecule has 0 aromatic carbocycles. The lowest BCUT2D eigenvalue weighted by Crippen LogP contribution is -2.21. The maximum Gasteiger partial charge on any atom is 0.568 e. The summed E-state index contributed by atoms with van der Waals surface area (Å²) in [5.74, 6) is 0. The summed E-state index contributed by atoms with van der Waals surface area (Å²) in [7, 11) is -3.76. The van der Waals surface area contributed by atoms with Crippen LogP contribution in [0.5, 0.6) is 0 Å². The lowest BCUT2D eigenvalue weighted by molar-refractivity contribution is 0.390. The monoisotopic (exact) mass is 1590 g/mol. The smallest absolute Gasteiger partial charge is 0.545 e. The van der Waals surface area contributed by atoms with Gasteiger partial charge in [-0.1, -0.05) is 150 Å². The molecule has 0 spiro atoms. The van der Waals surface area contributed by atoms with Gasteiger partial charge in [0.2, 0.25) is 0 Å². The van der Waals surface area contributed by atoms with Crippen LogP contribution in [0, 0.1) is 0 Å². The van der Waals surface area contributed by atoms with E-state index in [1.54, 1.807) is 21.7 Å². The molecule has 0 fully saturated rings. The number of halogens is 8. The van der Waals surface area contributed by atoms with Crippen LogP contribution in [0.4, 0.5) is 0 Å². The van der Waals surface area contributed by atoms with Gasteiger partial charge in [0, 0.05) is 9.75 Å². The van der Waals surface area contributed by atoms with E-state index in [0.717, 1.165) is 22.3 Å². The predicted molar refractivity (Wildman–Crippen MR) is 382 cm³/mol. The Balaban J connectivity index is 0.000000315. The van der Waals surface area contributed by atoms with Crippen molar-refractivity contribution >= 4 is 246 Å². The number of allylic oxidation sites excluding steroid dienone is 12. The zero-order valence-electron chi connectivity index (χ0n) is 45.7. The van der Waals surface area contributed by atoms with Gasteiger partial charge >= 0.3 is 29.6 Å². The van der Waals surface area contributed by atoms with E-state index in [-0.39, 0.29) is 38.1 Å². The van der Waals surface area contributed by atoms with Crippen molar-refractivity contribution in [2.24, 2.45) is 0 Å². The first-order valence-electron chi connectivity index (χ1n) is 24.2. The molecule has 6 aliphatic rings. The largest absolute Gasteiger partial charge is 0.568 e. The van der Waals surface area contributed by atoms with E-state index in [0.29, 0.717) is 36.3 Å². The van der Waals surface area contributed by atoms with Crippen LogP contribution in [0.2, 0.25) is 0 Å². The minimum atomic E-state index is -1.39. The van der Waals surface area contributed by atoms with Crippen molar-refractivity contribution in [3.63, 3.8) is 0 Å². The van der Waals surface area contributed by atoms with Gasteiger partial charge in [-0.15, -0.1) is 34.0 Å². The number of thiophene rings is 3. The highest BCUT2D eigenvalue weighted by Crippen LogP contribution is 2.40. The Morgan fingerprint density at radius 2 is 0.782 bits per heavy atom. The zero-order valence-corrected chi connectivity index (χ0v) is 66.9. The first-order valence-corrected chi connectivity index (χ1v) is 40.8. The van der Waals surface area contributed by atoms with Crippen molar-refractivity contribution in [3.8, 4) is 0 Å². The van der Waals surface area contributed by atoms with Crippen molar-refractivity contribution in [2.75, 3.05) is 0 Å². The van der Waals surface area contributed by atoms with Gasteiger partial charge in [-0.2, -0.15) is 0 Å². The Hall–Kier alpha value is 0.171. The summed E-state index contributed by atoms with van der Waals surface area (Å²) < 4.78 is 16.0. The van der Waals surface area contributed by atoms with Crippen molar-refractivity contribution in [2.45, 2.75) is 87.4 Å². The van der Waals surface area contributed by atoms with Crippen LogP contribution in [0.15, 0.2) is 172 Å². The van der Waals surface area contributed by atoms with E-state index in [4.69, 9.17) is 74.3 Å². The zero-order chi connectivity index (χ0) is 59.1. The lowest BCUT2D eigenvalue weighted by atomic mass is 9.86. The Kier molecular flexibility index (Phi) is 36.4. The fourth-order valence-corrected chi connectivity index (χ4v) is 27.5. The van der Waals surface area contributed by atoms with Crippen LogP contribution in [0.1, 0.15) is 92.8 Å². The van der Waals surface area contributed by atoms with E-state index in [9.17, 15) is 0 Å². The van der Waals surface area contributed by atoms with Crippen molar-refractivity contribution < 1.29 is 39.5 Å². The van der Waals surface area contributed by atoms with Crippen LogP contribution in [-0.2, 0) is 9.31 Å². The quantitative estimate of drug-likeness (QED) is 0.0968. The highest BCUT2D eigenvalue weighted by molar-refractivity contribution is 9.14. The van der Waals surface area contributed by atoms with Crippen molar-refractivity contribution in [1.29, 1.82) is 0 Å². The van der Waals surface area contributed by atoms with Crippen LogP contribution in [0.3, 0.4) is 0 Å². The Labute approximate surface area is 547 Å². The summed E-state index contributed by atoms with van der Waals surface area (Å²) in [6, 6.07) is 12.9. The van der Waals surface area contributed by atoms with Crippen LogP contribution < -0.4 is 0 Å². The molecule has 9 heterocycles. The third-order valence-electron chi connectivity index (χ3n) is 13.4. The first kappa shape index (κ1) is 74.3. The molecule has 29 heteroatoms. The number of rotatable bonds is 8. The molecule has 3 aromatic heterocycles. The first-order chi connectivity index (χ1) is 36.6. The lowest BCUT2D eigenvalue weighted by Gasteiger charge is -2.04. The topological polar surface area (TPSA) is 140 Å². The fraction of sp³-hybridized carbons (Fsp3) is 0.265. The number of hydrogen-bond donors (Lipinski definition) is 6. The molecule has 6 aliphatic heterocycles. The second kappa shape index (κ2) is 38.3. The van der Waals surface area contributed by atoms with Crippen molar-refractivity contribution in [3.05, 3.63) is 182 Å². The summed E-state index contributed by atoms with van der Waals surface area (Å²) in [6.07, 6.45) is 0. The normalized spacial score (nSPS) is 17.2. The Morgan fingerprint density at radius 3 is 0.962 bits per heavy atom. The van der Waals surface area contributed by atoms with Gasteiger partial charge in [-0.25, -0.2) is 0 Å². The van der Waals surface area contributed by atoms with E-state index >= 15 is 0 Å². The predicted octanol–water partition coefficient (Wildman–Crippen LogP) is 10.9. The van der Waals surface area contributed by atoms with Gasteiger partial charge in [0.25, 0.3) is 0 Å². The molecular formula is C49H66B4Br5Cl3O8S3Si6. The molecule has 78 heavy (non-hydrogen) atoms.